The molecule has 5 aliphatic rings. The van der Waals surface area contributed by atoms with Gasteiger partial charge in [0.25, 0.3) is 0 Å². The summed E-state index contributed by atoms with van der Waals surface area (Å²) in [5.74, 6) is 3.66. The van der Waals surface area contributed by atoms with Crippen LogP contribution >= 0.6 is 0 Å². The van der Waals surface area contributed by atoms with Gasteiger partial charge in [-0.2, -0.15) is 0 Å². The van der Waals surface area contributed by atoms with Crippen molar-refractivity contribution in [3.8, 4) is 0 Å². The van der Waals surface area contributed by atoms with Crippen molar-refractivity contribution in [3.05, 3.63) is 11.9 Å². The third kappa shape index (κ3) is 8.41. The van der Waals surface area contributed by atoms with Crippen molar-refractivity contribution in [2.75, 3.05) is 19.7 Å². The van der Waals surface area contributed by atoms with Gasteiger partial charge in [0.2, 0.25) is 0 Å². The maximum Gasteiger partial charge on any atom is 0.129 e. The van der Waals surface area contributed by atoms with Crippen molar-refractivity contribution >= 4 is 0 Å². The SMILES string of the molecule is CC(O)C(C1CCC(C2CCCCC2)CC1)N1C=C(NC(O)C(COC(C)(C)N)CC2CNC3CCCCC23)CC1. The third-order valence-electron chi connectivity index (χ3n) is 11.6. The topological polar surface area (TPSA) is 103 Å². The van der Waals surface area contributed by atoms with Crippen LogP contribution in [0, 0.1) is 35.5 Å². The summed E-state index contributed by atoms with van der Waals surface area (Å²) < 4.78 is 6.04. The molecule has 0 amide bonds. The number of nitrogens with one attached hydrogen (secondary N) is 2. The summed E-state index contributed by atoms with van der Waals surface area (Å²) in [6, 6.07) is 0.802. The van der Waals surface area contributed by atoms with Gasteiger partial charge in [-0.3, -0.25) is 0 Å². The summed E-state index contributed by atoms with van der Waals surface area (Å²) >= 11 is 0. The molecule has 7 atom stereocenters. The van der Waals surface area contributed by atoms with Crippen LogP contribution in [0.5, 0.6) is 0 Å². The Kier molecular flexibility index (Phi) is 11.0. The van der Waals surface area contributed by atoms with Crippen molar-refractivity contribution in [2.45, 2.75) is 147 Å². The lowest BCUT2D eigenvalue weighted by Gasteiger charge is -2.42. The van der Waals surface area contributed by atoms with Gasteiger partial charge in [0.05, 0.1) is 18.8 Å². The number of hydrogen-bond donors (Lipinski definition) is 5. The van der Waals surface area contributed by atoms with Crippen LogP contribution in [0.3, 0.4) is 0 Å². The second-order valence-electron chi connectivity index (χ2n) is 15.2. The van der Waals surface area contributed by atoms with Gasteiger partial charge in [-0.05, 0) is 102 Å². The third-order valence-corrected chi connectivity index (χ3v) is 11.6. The fourth-order valence-corrected chi connectivity index (χ4v) is 9.42. The van der Waals surface area contributed by atoms with Crippen LogP contribution in [0.4, 0.5) is 0 Å². The van der Waals surface area contributed by atoms with E-state index in [4.69, 9.17) is 10.5 Å². The molecule has 7 nitrogen and oxygen atoms in total. The van der Waals surface area contributed by atoms with E-state index >= 15 is 0 Å². The van der Waals surface area contributed by atoms with Gasteiger partial charge in [0.1, 0.15) is 12.0 Å². The zero-order valence-corrected chi connectivity index (χ0v) is 26.4. The Morgan fingerprint density at radius 2 is 1.68 bits per heavy atom. The average molecular weight is 575 g/mol. The molecule has 0 radical (unpaired) electrons. The molecular formula is C34H62N4O3. The highest BCUT2D eigenvalue weighted by atomic mass is 16.5. The lowest BCUT2D eigenvalue weighted by molar-refractivity contribution is -0.0651. The minimum absolute atomic E-state index is 0.0251. The predicted octanol–water partition coefficient (Wildman–Crippen LogP) is 5.07. The zero-order valence-electron chi connectivity index (χ0n) is 26.4. The molecule has 236 valence electrons. The van der Waals surface area contributed by atoms with Crippen LogP contribution in [0.2, 0.25) is 0 Å². The Morgan fingerprint density at radius 3 is 2.39 bits per heavy atom. The molecule has 4 fully saturated rings. The van der Waals surface area contributed by atoms with Crippen LogP contribution in [-0.4, -0.2) is 64.9 Å². The summed E-state index contributed by atoms with van der Waals surface area (Å²) in [5, 5.41) is 29.7. The van der Waals surface area contributed by atoms with Crippen molar-refractivity contribution in [3.63, 3.8) is 0 Å². The van der Waals surface area contributed by atoms with E-state index in [1.807, 2.05) is 20.8 Å². The number of hydrogen-bond acceptors (Lipinski definition) is 7. The molecule has 7 heteroatoms. The molecule has 6 N–H and O–H groups in total. The fourth-order valence-electron chi connectivity index (χ4n) is 9.42. The molecule has 2 aliphatic heterocycles. The molecule has 0 aromatic rings. The van der Waals surface area contributed by atoms with Gasteiger partial charge in [-0.25, -0.2) is 0 Å². The van der Waals surface area contributed by atoms with E-state index < -0.39 is 12.0 Å². The Morgan fingerprint density at radius 1 is 1.00 bits per heavy atom. The lowest BCUT2D eigenvalue weighted by atomic mass is 9.69. The molecule has 3 saturated carbocycles. The first-order valence-corrected chi connectivity index (χ1v) is 17.4. The monoisotopic (exact) mass is 574 g/mol. The minimum atomic E-state index is -0.719. The number of rotatable bonds is 12. The van der Waals surface area contributed by atoms with Crippen LogP contribution < -0.4 is 16.4 Å². The predicted molar refractivity (Wildman–Crippen MR) is 166 cm³/mol. The number of aliphatic hydroxyl groups is 2. The van der Waals surface area contributed by atoms with Crippen LogP contribution in [0.25, 0.3) is 0 Å². The lowest BCUT2D eigenvalue weighted by Crippen LogP contribution is -2.45. The van der Waals surface area contributed by atoms with E-state index in [0.717, 1.165) is 43.5 Å². The van der Waals surface area contributed by atoms with Crippen molar-refractivity contribution in [2.24, 2.45) is 41.2 Å². The number of ether oxygens (including phenoxy) is 1. The van der Waals surface area contributed by atoms with Gasteiger partial charge >= 0.3 is 0 Å². The highest BCUT2D eigenvalue weighted by Crippen LogP contribution is 2.43. The fraction of sp³-hybridized carbons (Fsp3) is 0.941. The Bertz CT molecular complexity index is 830. The molecule has 0 aromatic carbocycles. The summed E-state index contributed by atoms with van der Waals surface area (Å²) in [5.41, 5.74) is 6.55. The highest BCUT2D eigenvalue weighted by molar-refractivity contribution is 5.10. The second kappa shape index (κ2) is 14.3. The maximum absolute atomic E-state index is 11.5. The minimum Gasteiger partial charge on any atom is -0.391 e. The largest absolute Gasteiger partial charge is 0.391 e. The average Bonchev–Trinajstić information content (AvgIpc) is 3.58. The molecule has 5 rings (SSSR count). The van der Waals surface area contributed by atoms with E-state index in [1.54, 1.807) is 0 Å². The molecule has 2 heterocycles. The summed E-state index contributed by atoms with van der Waals surface area (Å²) in [4.78, 5) is 2.38. The van der Waals surface area contributed by atoms with E-state index in [1.165, 1.54) is 83.5 Å². The highest BCUT2D eigenvalue weighted by Gasteiger charge is 2.40. The van der Waals surface area contributed by atoms with Gasteiger partial charge in [0, 0.05) is 36.8 Å². The second-order valence-corrected chi connectivity index (χ2v) is 15.2. The molecule has 41 heavy (non-hydrogen) atoms. The number of nitrogens with zero attached hydrogens (tertiary/aromatic N) is 1. The van der Waals surface area contributed by atoms with Crippen LogP contribution in [-0.2, 0) is 4.74 Å². The van der Waals surface area contributed by atoms with Gasteiger partial charge in [0.15, 0.2) is 0 Å². The van der Waals surface area contributed by atoms with E-state index in [-0.39, 0.29) is 18.1 Å². The quantitative estimate of drug-likeness (QED) is 0.207. The number of fused-ring (bicyclic) bond motifs is 1. The van der Waals surface area contributed by atoms with E-state index in [9.17, 15) is 10.2 Å². The molecule has 0 aromatic heterocycles. The summed E-state index contributed by atoms with van der Waals surface area (Å²) in [6.07, 6.45) is 20.5. The first-order chi connectivity index (χ1) is 19.7. The molecular weight excluding hydrogens is 512 g/mol. The molecule has 7 unspecified atom stereocenters. The number of aliphatic hydroxyl groups excluding tert-OH is 2. The van der Waals surface area contributed by atoms with Crippen LogP contribution in [0.1, 0.15) is 117 Å². The normalized spacial score (nSPS) is 34.5. The Balaban J connectivity index is 1.18. The van der Waals surface area contributed by atoms with Crippen molar-refractivity contribution < 1.29 is 14.9 Å². The Hall–Kier alpha value is -0.860. The van der Waals surface area contributed by atoms with Crippen LogP contribution in [0.15, 0.2) is 11.9 Å². The van der Waals surface area contributed by atoms with E-state index in [2.05, 4.69) is 21.7 Å². The number of nitrogens with two attached hydrogens (primary N) is 1. The smallest absolute Gasteiger partial charge is 0.129 e. The zero-order chi connectivity index (χ0) is 29.0. The molecule has 0 bridgehead atoms. The van der Waals surface area contributed by atoms with Crippen molar-refractivity contribution in [1.29, 1.82) is 0 Å². The Labute approximate surface area is 250 Å². The maximum atomic E-state index is 11.5. The molecule has 1 saturated heterocycles. The summed E-state index contributed by atoms with van der Waals surface area (Å²) in [6.45, 7) is 8.13. The first-order valence-electron chi connectivity index (χ1n) is 17.4. The van der Waals surface area contributed by atoms with E-state index in [0.29, 0.717) is 30.4 Å². The molecule has 3 aliphatic carbocycles. The first kappa shape index (κ1) is 31.6. The van der Waals surface area contributed by atoms with Crippen molar-refractivity contribution in [1.82, 2.24) is 15.5 Å². The summed E-state index contributed by atoms with van der Waals surface area (Å²) in [7, 11) is 0. The van der Waals surface area contributed by atoms with Gasteiger partial charge < -0.3 is 36.2 Å². The van der Waals surface area contributed by atoms with Gasteiger partial charge in [-0.15, -0.1) is 0 Å². The molecule has 0 spiro atoms. The van der Waals surface area contributed by atoms with Gasteiger partial charge in [-0.1, -0.05) is 44.9 Å². The standard InChI is InChI=1S/C34H62N4O3/c1-23(39)32(26-15-13-25(14-16-26)24-9-5-4-6-10-24)38-18-17-29(21-38)37-33(40)28(22-41-34(2,3)35)19-27-20-36-31-12-8-7-11-30(27)31/h21,23-28,30-33,36-37,39-40H,4-20,22,35H2,1-3H3.